The lowest BCUT2D eigenvalue weighted by Crippen LogP contribution is -2.23. The lowest BCUT2D eigenvalue weighted by Gasteiger charge is -2.10. The van der Waals surface area contributed by atoms with Crippen LogP contribution < -0.4 is 14.8 Å². The van der Waals surface area contributed by atoms with Crippen molar-refractivity contribution >= 4 is 51.5 Å². The van der Waals surface area contributed by atoms with Gasteiger partial charge in [0.2, 0.25) is 5.88 Å². The van der Waals surface area contributed by atoms with Crippen LogP contribution in [-0.4, -0.2) is 40.4 Å². The maximum absolute atomic E-state index is 14.5. The number of pyridine rings is 2. The molecule has 3 heterocycles. The van der Waals surface area contributed by atoms with Crippen molar-refractivity contribution < 1.29 is 23.5 Å². The minimum atomic E-state index is -0.870. The highest BCUT2D eigenvalue weighted by molar-refractivity contribution is 6.49. The number of fused-ring (bicyclic) bond motifs is 1. The van der Waals surface area contributed by atoms with Gasteiger partial charge >= 0.3 is 0 Å². The molecule has 0 bridgehead atoms. The predicted molar refractivity (Wildman–Crippen MR) is 130 cm³/mol. The molecule has 35 heavy (non-hydrogen) atoms. The minimum absolute atomic E-state index is 0.0234. The van der Waals surface area contributed by atoms with Gasteiger partial charge < -0.3 is 19.4 Å². The molecule has 0 atom stereocenters. The van der Waals surface area contributed by atoms with Gasteiger partial charge in [-0.15, -0.1) is 0 Å². The first-order valence-electron chi connectivity index (χ1n) is 10.3. The Morgan fingerprint density at radius 3 is 2.57 bits per heavy atom. The molecule has 4 aromatic rings. The topological polar surface area (TPSA) is 95.3 Å². The number of nitrogens with one attached hydrogen (secondary N) is 1. The number of hydrogen-bond acceptors (Lipinski definition) is 6. The number of rotatable bonds is 7. The Hall–Kier alpha value is -3.69. The van der Waals surface area contributed by atoms with Crippen molar-refractivity contribution in [3.63, 3.8) is 0 Å². The molecular formula is C24H19Cl2FN4O4. The maximum Gasteiger partial charge on any atom is 0.296 e. The minimum Gasteiger partial charge on any atom is -0.495 e. The smallest absolute Gasteiger partial charge is 0.296 e. The van der Waals surface area contributed by atoms with Crippen LogP contribution in [0.2, 0.25) is 10.0 Å². The summed E-state index contributed by atoms with van der Waals surface area (Å²) in [6.07, 6.45) is 2.77. The molecule has 1 N–H and O–H groups in total. The molecule has 0 saturated carbocycles. The van der Waals surface area contributed by atoms with Crippen molar-refractivity contribution in [1.82, 2.24) is 14.5 Å². The molecule has 0 aliphatic heterocycles. The van der Waals surface area contributed by atoms with Gasteiger partial charge in [-0.2, -0.15) is 0 Å². The summed E-state index contributed by atoms with van der Waals surface area (Å²) in [5, 5.41) is 3.43. The van der Waals surface area contributed by atoms with E-state index in [1.54, 1.807) is 23.6 Å². The van der Waals surface area contributed by atoms with Crippen molar-refractivity contribution in [3.05, 3.63) is 75.5 Å². The van der Waals surface area contributed by atoms with Crippen molar-refractivity contribution in [2.75, 3.05) is 19.5 Å². The van der Waals surface area contributed by atoms with Crippen molar-refractivity contribution in [3.8, 4) is 11.6 Å². The fourth-order valence-electron chi connectivity index (χ4n) is 3.73. The van der Waals surface area contributed by atoms with Crippen molar-refractivity contribution in [2.24, 2.45) is 0 Å². The van der Waals surface area contributed by atoms with E-state index in [0.717, 1.165) is 6.07 Å². The lowest BCUT2D eigenvalue weighted by molar-refractivity contribution is -0.112. The number of benzene rings is 1. The van der Waals surface area contributed by atoms with Gasteiger partial charge in [-0.3, -0.25) is 14.6 Å². The van der Waals surface area contributed by atoms with E-state index in [1.165, 1.54) is 38.7 Å². The molecule has 0 aliphatic carbocycles. The number of aromatic nitrogens is 3. The van der Waals surface area contributed by atoms with Crippen LogP contribution in [0.1, 0.15) is 21.7 Å². The molecule has 3 aromatic heterocycles. The number of nitrogens with zero attached hydrogens (tertiary/aromatic N) is 3. The molecule has 0 fully saturated rings. The summed E-state index contributed by atoms with van der Waals surface area (Å²) >= 11 is 12.2. The third-order valence-corrected chi connectivity index (χ3v) is 5.93. The monoisotopic (exact) mass is 516 g/mol. The van der Waals surface area contributed by atoms with Crippen LogP contribution in [0.5, 0.6) is 11.6 Å². The second-order valence-corrected chi connectivity index (χ2v) is 8.35. The Kier molecular flexibility index (Phi) is 6.90. The van der Waals surface area contributed by atoms with E-state index in [4.69, 9.17) is 32.7 Å². The van der Waals surface area contributed by atoms with E-state index < -0.39 is 17.5 Å². The standard InChI is InChI=1S/C24H19Cl2FN4O4/c1-12-22(23(32)24(33)30-14-4-5-28-21(7-14)35-3)15-8-20(34-2)16(26)9-19(15)31(12)11-18-17(27)6-13(25)10-29-18/h4-10H,11H2,1-3H3,(H,28,30,33). The van der Waals surface area contributed by atoms with Gasteiger partial charge in [-0.05, 0) is 31.2 Å². The van der Waals surface area contributed by atoms with Crippen molar-refractivity contribution in [1.29, 1.82) is 0 Å². The highest BCUT2D eigenvalue weighted by atomic mass is 35.5. The molecule has 4 rings (SSSR count). The average Bonchev–Trinajstić information content (AvgIpc) is 3.09. The Morgan fingerprint density at radius 1 is 1.11 bits per heavy atom. The SMILES string of the molecule is COc1cc(NC(=O)C(=O)c2c(C)n(Cc3ncc(Cl)cc3F)c3cc(Cl)c(OC)cc23)ccn1. The van der Waals surface area contributed by atoms with Crippen LogP contribution >= 0.6 is 23.2 Å². The number of hydrogen-bond donors (Lipinski definition) is 1. The number of ether oxygens (including phenoxy) is 2. The largest absolute Gasteiger partial charge is 0.495 e. The van der Waals surface area contributed by atoms with E-state index in [9.17, 15) is 14.0 Å². The Morgan fingerprint density at radius 2 is 1.89 bits per heavy atom. The van der Waals surface area contributed by atoms with Crippen LogP contribution in [0.15, 0.2) is 42.7 Å². The molecule has 180 valence electrons. The van der Waals surface area contributed by atoms with Crippen LogP contribution in [0.25, 0.3) is 10.9 Å². The molecule has 0 spiro atoms. The number of Topliss-reactive ketones (excluding diaryl/α,β-unsaturated/α-hetero) is 1. The highest BCUT2D eigenvalue weighted by Gasteiger charge is 2.27. The summed E-state index contributed by atoms with van der Waals surface area (Å²) in [6.45, 7) is 1.63. The number of carbonyl (C=O) groups excluding carboxylic acids is 2. The second-order valence-electron chi connectivity index (χ2n) is 7.50. The second kappa shape index (κ2) is 9.89. The van der Waals surface area contributed by atoms with Crippen LogP contribution in [-0.2, 0) is 11.3 Å². The van der Waals surface area contributed by atoms with E-state index in [2.05, 4.69) is 15.3 Å². The van der Waals surface area contributed by atoms with Gasteiger partial charge in [0, 0.05) is 35.2 Å². The third kappa shape index (κ3) is 4.78. The quantitative estimate of drug-likeness (QED) is 0.272. The van der Waals surface area contributed by atoms with Gasteiger partial charge in [0.1, 0.15) is 11.6 Å². The van der Waals surface area contributed by atoms with E-state index in [0.29, 0.717) is 28.0 Å². The molecule has 0 saturated heterocycles. The summed E-state index contributed by atoms with van der Waals surface area (Å²) < 4.78 is 26.5. The maximum atomic E-state index is 14.5. The van der Waals surface area contributed by atoms with Gasteiger partial charge in [0.05, 0.1) is 47.6 Å². The zero-order chi connectivity index (χ0) is 25.3. The first-order chi connectivity index (χ1) is 16.7. The van der Waals surface area contributed by atoms with E-state index in [1.807, 2.05) is 0 Å². The number of halogens is 3. The number of ketones is 1. The fraction of sp³-hybridized carbons (Fsp3) is 0.167. The van der Waals surface area contributed by atoms with Gasteiger partial charge in [-0.25, -0.2) is 9.37 Å². The Labute approximate surface area is 209 Å². The molecule has 0 unspecified atom stereocenters. The van der Waals surface area contributed by atoms with Gasteiger partial charge in [-0.1, -0.05) is 23.2 Å². The van der Waals surface area contributed by atoms with Gasteiger partial charge in [0.15, 0.2) is 0 Å². The summed E-state index contributed by atoms with van der Waals surface area (Å²) in [6, 6.07) is 7.34. The molecular weight excluding hydrogens is 498 g/mol. The lowest BCUT2D eigenvalue weighted by atomic mass is 10.1. The summed E-state index contributed by atoms with van der Waals surface area (Å²) in [5.41, 5.74) is 1.50. The van der Waals surface area contributed by atoms with E-state index >= 15 is 0 Å². The molecule has 11 heteroatoms. The summed E-state index contributed by atoms with van der Waals surface area (Å²) in [5.74, 6) is -1.67. The zero-order valence-electron chi connectivity index (χ0n) is 18.9. The van der Waals surface area contributed by atoms with Crippen LogP contribution in [0, 0.1) is 12.7 Å². The third-order valence-electron chi connectivity index (χ3n) is 5.42. The highest BCUT2D eigenvalue weighted by Crippen LogP contribution is 2.35. The average molecular weight is 517 g/mol. The molecule has 0 aliphatic rings. The summed E-state index contributed by atoms with van der Waals surface area (Å²) in [4.78, 5) is 34.3. The van der Waals surface area contributed by atoms with E-state index in [-0.39, 0.29) is 33.7 Å². The Balaban J connectivity index is 1.81. The molecule has 1 amide bonds. The molecule has 8 nitrogen and oxygen atoms in total. The Bertz CT molecular complexity index is 1470. The first kappa shape index (κ1) is 24.4. The molecule has 1 aromatic carbocycles. The number of amides is 1. The molecule has 0 radical (unpaired) electrons. The summed E-state index contributed by atoms with van der Waals surface area (Å²) in [7, 11) is 2.88. The first-order valence-corrected chi connectivity index (χ1v) is 11.0. The van der Waals surface area contributed by atoms with Crippen LogP contribution in [0.3, 0.4) is 0 Å². The normalized spacial score (nSPS) is 10.9. The predicted octanol–water partition coefficient (Wildman–Crippen LogP) is 5.07. The van der Waals surface area contributed by atoms with Gasteiger partial charge in [0.25, 0.3) is 11.7 Å². The zero-order valence-corrected chi connectivity index (χ0v) is 20.4. The number of anilines is 1. The number of carbonyl (C=O) groups is 2. The van der Waals surface area contributed by atoms with Crippen LogP contribution in [0.4, 0.5) is 10.1 Å². The fourth-order valence-corrected chi connectivity index (χ4v) is 4.11. The van der Waals surface area contributed by atoms with Crippen molar-refractivity contribution in [2.45, 2.75) is 13.5 Å². The number of methoxy groups -OCH3 is 2.